The first-order valence-corrected chi connectivity index (χ1v) is 5.63. The van der Waals surface area contributed by atoms with Crippen LogP contribution in [0.2, 0.25) is 0 Å². The highest BCUT2D eigenvalue weighted by Crippen LogP contribution is 2.10. The third-order valence-corrected chi connectivity index (χ3v) is 2.35. The zero-order valence-corrected chi connectivity index (χ0v) is 10.5. The van der Waals surface area contributed by atoms with E-state index in [0.717, 1.165) is 0 Å². The Balaban J connectivity index is 2.47. The molecular formula is C11H13N5O3. The van der Waals surface area contributed by atoms with Gasteiger partial charge in [-0.2, -0.15) is 0 Å². The molecule has 0 saturated carbocycles. The van der Waals surface area contributed by atoms with E-state index in [1.807, 2.05) is 0 Å². The molecule has 19 heavy (non-hydrogen) atoms. The van der Waals surface area contributed by atoms with Gasteiger partial charge in [0.15, 0.2) is 5.69 Å². The normalized spacial score (nSPS) is 10.2. The first kappa shape index (κ1) is 12.8. The summed E-state index contributed by atoms with van der Waals surface area (Å²) in [5.41, 5.74) is 0.0418. The zero-order chi connectivity index (χ0) is 13.8. The molecule has 2 aromatic heterocycles. The molecule has 0 aliphatic heterocycles. The van der Waals surface area contributed by atoms with Crippen molar-refractivity contribution < 1.29 is 14.3 Å². The minimum atomic E-state index is -0.615. The van der Waals surface area contributed by atoms with E-state index >= 15 is 0 Å². The van der Waals surface area contributed by atoms with Gasteiger partial charge in [-0.1, -0.05) is 0 Å². The molecule has 0 radical (unpaired) electrons. The molecule has 0 aliphatic carbocycles. The van der Waals surface area contributed by atoms with E-state index < -0.39 is 11.9 Å². The Morgan fingerprint density at radius 1 is 1.53 bits per heavy atom. The topological polar surface area (TPSA) is 102 Å². The Morgan fingerprint density at radius 2 is 2.32 bits per heavy atom. The second-order valence-corrected chi connectivity index (χ2v) is 3.58. The SMILES string of the molecule is CCNC(=O)c1nc(C(=O)OC)cn1-c1ncc[nH]1. The molecule has 2 rings (SSSR count). The number of imidazole rings is 2. The second kappa shape index (κ2) is 5.34. The van der Waals surface area contributed by atoms with Crippen LogP contribution in [-0.2, 0) is 4.74 Å². The number of nitrogens with one attached hydrogen (secondary N) is 2. The molecule has 0 aromatic carbocycles. The van der Waals surface area contributed by atoms with Crippen molar-refractivity contribution in [3.63, 3.8) is 0 Å². The molecule has 2 aromatic rings. The standard InChI is InChI=1S/C11H13N5O3/c1-3-12-9(17)8-15-7(10(18)19-2)6-16(8)11-13-4-5-14-11/h4-6H,3H2,1-2H3,(H,12,17)(H,13,14). The zero-order valence-electron chi connectivity index (χ0n) is 10.5. The number of ether oxygens (including phenoxy) is 1. The van der Waals surface area contributed by atoms with Crippen LogP contribution in [0.3, 0.4) is 0 Å². The lowest BCUT2D eigenvalue weighted by atomic mass is 10.5. The lowest BCUT2D eigenvalue weighted by Gasteiger charge is -2.03. The summed E-state index contributed by atoms with van der Waals surface area (Å²) < 4.78 is 5.98. The maximum Gasteiger partial charge on any atom is 0.358 e. The number of amides is 1. The van der Waals surface area contributed by atoms with E-state index in [2.05, 4.69) is 25.0 Å². The summed E-state index contributed by atoms with van der Waals surface area (Å²) in [6.45, 7) is 2.25. The maximum atomic E-state index is 11.9. The van der Waals surface area contributed by atoms with Gasteiger partial charge in [0.2, 0.25) is 11.8 Å². The fourth-order valence-electron chi connectivity index (χ4n) is 1.53. The molecular weight excluding hydrogens is 250 g/mol. The van der Waals surface area contributed by atoms with Crippen LogP contribution >= 0.6 is 0 Å². The summed E-state index contributed by atoms with van der Waals surface area (Å²) in [4.78, 5) is 34.2. The Bertz CT molecular complexity index is 588. The average Bonchev–Trinajstić information content (AvgIpc) is 3.06. The summed E-state index contributed by atoms with van der Waals surface area (Å²) in [5, 5.41) is 2.62. The van der Waals surface area contributed by atoms with Crippen LogP contribution < -0.4 is 5.32 Å². The number of methoxy groups -OCH3 is 1. The van der Waals surface area contributed by atoms with Gasteiger partial charge in [0, 0.05) is 25.1 Å². The summed E-state index contributed by atoms with van der Waals surface area (Å²) >= 11 is 0. The van der Waals surface area contributed by atoms with Crippen LogP contribution in [-0.4, -0.2) is 45.1 Å². The van der Waals surface area contributed by atoms with Crippen molar-refractivity contribution >= 4 is 11.9 Å². The van der Waals surface area contributed by atoms with Gasteiger partial charge in [-0.05, 0) is 6.92 Å². The van der Waals surface area contributed by atoms with E-state index in [1.54, 1.807) is 13.1 Å². The van der Waals surface area contributed by atoms with E-state index in [0.29, 0.717) is 12.5 Å². The van der Waals surface area contributed by atoms with E-state index in [1.165, 1.54) is 24.1 Å². The minimum Gasteiger partial charge on any atom is -0.464 e. The van der Waals surface area contributed by atoms with Crippen molar-refractivity contribution in [2.45, 2.75) is 6.92 Å². The highest BCUT2D eigenvalue weighted by atomic mass is 16.5. The highest BCUT2D eigenvalue weighted by molar-refractivity contribution is 5.94. The third kappa shape index (κ3) is 2.46. The van der Waals surface area contributed by atoms with Crippen molar-refractivity contribution in [3.8, 4) is 5.95 Å². The largest absolute Gasteiger partial charge is 0.464 e. The number of hydrogen-bond acceptors (Lipinski definition) is 5. The molecule has 0 bridgehead atoms. The predicted molar refractivity (Wildman–Crippen MR) is 65.1 cm³/mol. The first-order valence-electron chi connectivity index (χ1n) is 5.63. The Kier molecular flexibility index (Phi) is 3.60. The Morgan fingerprint density at radius 3 is 2.89 bits per heavy atom. The Hall–Kier alpha value is -2.64. The van der Waals surface area contributed by atoms with E-state index in [9.17, 15) is 9.59 Å². The van der Waals surface area contributed by atoms with Crippen LogP contribution in [0.15, 0.2) is 18.6 Å². The van der Waals surface area contributed by atoms with Crippen LogP contribution in [0.1, 0.15) is 28.0 Å². The fraction of sp³-hybridized carbons (Fsp3) is 0.273. The summed E-state index contributed by atoms with van der Waals surface area (Å²) in [6.07, 6.45) is 4.54. The highest BCUT2D eigenvalue weighted by Gasteiger charge is 2.21. The Labute approximate surface area is 108 Å². The summed E-state index contributed by atoms with van der Waals surface area (Å²) in [6, 6.07) is 0. The number of hydrogen-bond donors (Lipinski definition) is 2. The number of carbonyl (C=O) groups is 2. The van der Waals surface area contributed by atoms with Gasteiger partial charge in [-0.3, -0.25) is 9.36 Å². The van der Waals surface area contributed by atoms with Crippen molar-refractivity contribution in [1.82, 2.24) is 24.8 Å². The minimum absolute atomic E-state index is 0.0418. The smallest absolute Gasteiger partial charge is 0.358 e. The quantitative estimate of drug-likeness (QED) is 0.763. The van der Waals surface area contributed by atoms with Gasteiger partial charge < -0.3 is 15.0 Å². The van der Waals surface area contributed by atoms with Gasteiger partial charge in [0.25, 0.3) is 5.91 Å². The molecule has 0 fully saturated rings. The average molecular weight is 263 g/mol. The molecule has 8 heteroatoms. The molecule has 1 amide bonds. The number of nitrogens with zero attached hydrogens (tertiary/aromatic N) is 3. The van der Waals surface area contributed by atoms with Gasteiger partial charge >= 0.3 is 5.97 Å². The molecule has 0 saturated heterocycles. The first-order chi connectivity index (χ1) is 9.17. The van der Waals surface area contributed by atoms with Crippen molar-refractivity contribution in [1.29, 1.82) is 0 Å². The molecule has 2 heterocycles. The molecule has 0 atom stereocenters. The number of esters is 1. The molecule has 0 aliphatic rings. The predicted octanol–water partition coefficient (Wildman–Crippen LogP) is 0.132. The van der Waals surface area contributed by atoms with Gasteiger partial charge in [0.1, 0.15) is 0 Å². The van der Waals surface area contributed by atoms with Gasteiger partial charge in [0.05, 0.1) is 7.11 Å². The number of aromatic amines is 1. The van der Waals surface area contributed by atoms with Crippen molar-refractivity contribution in [2.24, 2.45) is 0 Å². The number of H-pyrrole nitrogens is 1. The number of carbonyl (C=O) groups excluding carboxylic acids is 2. The maximum absolute atomic E-state index is 11.9. The monoisotopic (exact) mass is 263 g/mol. The summed E-state index contributed by atoms with van der Waals surface area (Å²) in [5.74, 6) is -0.550. The molecule has 8 nitrogen and oxygen atoms in total. The van der Waals surface area contributed by atoms with Crippen LogP contribution in [0.4, 0.5) is 0 Å². The van der Waals surface area contributed by atoms with Crippen LogP contribution in [0, 0.1) is 0 Å². The third-order valence-electron chi connectivity index (χ3n) is 2.35. The molecule has 0 unspecified atom stereocenters. The molecule has 0 spiro atoms. The van der Waals surface area contributed by atoms with E-state index in [-0.39, 0.29) is 11.5 Å². The van der Waals surface area contributed by atoms with E-state index in [4.69, 9.17) is 0 Å². The van der Waals surface area contributed by atoms with Crippen LogP contribution in [0.5, 0.6) is 0 Å². The van der Waals surface area contributed by atoms with Gasteiger partial charge in [-0.25, -0.2) is 14.8 Å². The number of rotatable bonds is 4. The van der Waals surface area contributed by atoms with Crippen molar-refractivity contribution in [2.75, 3.05) is 13.7 Å². The summed E-state index contributed by atoms with van der Waals surface area (Å²) in [7, 11) is 1.25. The second-order valence-electron chi connectivity index (χ2n) is 3.58. The lowest BCUT2D eigenvalue weighted by Crippen LogP contribution is -2.26. The molecule has 100 valence electrons. The lowest BCUT2D eigenvalue weighted by molar-refractivity contribution is 0.0594. The van der Waals surface area contributed by atoms with Crippen molar-refractivity contribution in [3.05, 3.63) is 30.1 Å². The fourth-order valence-corrected chi connectivity index (χ4v) is 1.53. The number of aromatic nitrogens is 4. The van der Waals surface area contributed by atoms with Gasteiger partial charge in [-0.15, -0.1) is 0 Å². The molecule has 2 N–H and O–H groups in total. The van der Waals surface area contributed by atoms with Crippen LogP contribution in [0.25, 0.3) is 5.95 Å².